The first kappa shape index (κ1) is 18.0. The molecule has 1 atom stereocenters. The van der Waals surface area contributed by atoms with E-state index in [0.717, 1.165) is 28.0 Å². The number of hydrogen-bond acceptors (Lipinski definition) is 6. The third kappa shape index (κ3) is 3.51. The smallest absolute Gasteiger partial charge is 0.317 e. The average Bonchev–Trinajstić information content (AvgIpc) is 3.21. The molecule has 4 aromatic rings. The van der Waals surface area contributed by atoms with Gasteiger partial charge >= 0.3 is 6.01 Å². The molecule has 30 heavy (non-hydrogen) atoms. The minimum atomic E-state index is -0.823. The van der Waals surface area contributed by atoms with E-state index in [-0.39, 0.29) is 18.2 Å². The first-order chi connectivity index (χ1) is 14.8. The quantitative estimate of drug-likeness (QED) is 0.563. The van der Waals surface area contributed by atoms with Gasteiger partial charge in [0.15, 0.2) is 11.9 Å². The summed E-state index contributed by atoms with van der Waals surface area (Å²) in [4.78, 5) is 17.7. The zero-order valence-corrected chi connectivity index (χ0v) is 16.0. The molecule has 3 aromatic carbocycles. The van der Waals surface area contributed by atoms with Crippen molar-refractivity contribution < 1.29 is 9.21 Å². The molecule has 1 N–H and O–H groups in total. The van der Waals surface area contributed by atoms with Gasteiger partial charge in [0.2, 0.25) is 5.89 Å². The fourth-order valence-electron chi connectivity index (χ4n) is 3.50. The molecule has 0 radical (unpaired) electrons. The Hall–Kier alpha value is -4.06. The van der Waals surface area contributed by atoms with Crippen molar-refractivity contribution in [3.8, 4) is 11.5 Å². The van der Waals surface area contributed by atoms with Gasteiger partial charge in [-0.15, -0.1) is 5.10 Å². The van der Waals surface area contributed by atoms with Crippen molar-refractivity contribution in [1.29, 1.82) is 0 Å². The van der Waals surface area contributed by atoms with E-state index in [9.17, 15) is 4.79 Å². The van der Waals surface area contributed by atoms with Crippen molar-refractivity contribution >= 4 is 17.5 Å². The van der Waals surface area contributed by atoms with E-state index in [1.54, 1.807) is 0 Å². The number of aromatic nitrogens is 2. The molecule has 0 fully saturated rings. The van der Waals surface area contributed by atoms with Gasteiger partial charge in [-0.2, -0.15) is 0 Å². The molecule has 0 saturated carbocycles. The van der Waals surface area contributed by atoms with Gasteiger partial charge in [-0.25, -0.2) is 0 Å². The third-order valence-electron chi connectivity index (χ3n) is 4.95. The number of fused-ring (bicyclic) bond motifs is 1. The summed E-state index contributed by atoms with van der Waals surface area (Å²) in [5.74, 6) is 0.322. The van der Waals surface area contributed by atoms with Crippen molar-refractivity contribution in [2.24, 2.45) is 4.99 Å². The molecule has 1 aromatic heterocycles. The lowest BCUT2D eigenvalue weighted by Gasteiger charge is -2.11. The molecule has 0 amide bonds. The Bertz CT molecular complexity index is 1220. The van der Waals surface area contributed by atoms with E-state index >= 15 is 0 Å². The minimum absolute atomic E-state index is 0.0622. The van der Waals surface area contributed by atoms with Crippen LogP contribution >= 0.6 is 0 Å². The maximum Gasteiger partial charge on any atom is 0.317 e. The third-order valence-corrected chi connectivity index (χ3v) is 4.95. The standard InChI is InChI=1S/C24H18N4O2/c29-20-15-18-13-7-8-14-19(18)21(16-9-3-1-4-10-16)25-22(20)26-24-28-27-23(30-24)17-11-5-2-6-12-17/h1-14,22H,15H2,(H,26,28)/t22-/m1/s1. The average molecular weight is 394 g/mol. The van der Waals surface area contributed by atoms with Crippen LogP contribution in [0.25, 0.3) is 11.5 Å². The molecule has 0 bridgehead atoms. The van der Waals surface area contributed by atoms with Crippen LogP contribution in [0.2, 0.25) is 0 Å². The topological polar surface area (TPSA) is 80.4 Å². The van der Waals surface area contributed by atoms with E-state index in [2.05, 4.69) is 15.5 Å². The van der Waals surface area contributed by atoms with Gasteiger partial charge in [-0.05, 0) is 17.7 Å². The van der Waals surface area contributed by atoms with Gasteiger partial charge in [0.25, 0.3) is 0 Å². The summed E-state index contributed by atoms with van der Waals surface area (Å²) in [6.45, 7) is 0. The molecular weight excluding hydrogens is 376 g/mol. The monoisotopic (exact) mass is 394 g/mol. The van der Waals surface area contributed by atoms with Crippen molar-refractivity contribution in [3.63, 3.8) is 0 Å². The second-order valence-corrected chi connectivity index (χ2v) is 6.97. The number of benzene rings is 3. The Morgan fingerprint density at radius 3 is 2.23 bits per heavy atom. The van der Waals surface area contributed by atoms with Gasteiger partial charge in [0.05, 0.1) is 5.71 Å². The fraction of sp³-hybridized carbons (Fsp3) is 0.0833. The van der Waals surface area contributed by atoms with Crippen LogP contribution in [0.5, 0.6) is 0 Å². The van der Waals surface area contributed by atoms with E-state index < -0.39 is 6.17 Å². The Morgan fingerprint density at radius 1 is 0.800 bits per heavy atom. The van der Waals surface area contributed by atoms with Gasteiger partial charge in [-0.3, -0.25) is 9.79 Å². The van der Waals surface area contributed by atoms with Crippen LogP contribution in [0.3, 0.4) is 0 Å². The first-order valence-corrected chi connectivity index (χ1v) is 9.67. The number of aliphatic imine (C=N–C) groups is 1. The molecule has 1 aliphatic heterocycles. The summed E-state index contributed by atoms with van der Waals surface area (Å²) in [7, 11) is 0. The summed E-state index contributed by atoms with van der Waals surface area (Å²) in [5, 5.41) is 11.1. The summed E-state index contributed by atoms with van der Waals surface area (Å²) in [6.07, 6.45) is -0.551. The highest BCUT2D eigenvalue weighted by Crippen LogP contribution is 2.24. The number of carbonyl (C=O) groups is 1. The maximum absolute atomic E-state index is 13.0. The summed E-state index contributed by atoms with van der Waals surface area (Å²) in [5.41, 5.74) is 4.42. The lowest BCUT2D eigenvalue weighted by Crippen LogP contribution is -2.29. The Morgan fingerprint density at radius 2 is 1.47 bits per heavy atom. The number of nitrogens with one attached hydrogen (secondary N) is 1. The molecule has 6 heteroatoms. The molecular formula is C24H18N4O2. The first-order valence-electron chi connectivity index (χ1n) is 9.67. The molecule has 1 aliphatic rings. The summed E-state index contributed by atoms with van der Waals surface area (Å²) >= 11 is 0. The van der Waals surface area contributed by atoms with E-state index in [0.29, 0.717) is 5.89 Å². The highest BCUT2D eigenvalue weighted by atomic mass is 16.4. The minimum Gasteiger partial charge on any atom is -0.403 e. The lowest BCUT2D eigenvalue weighted by molar-refractivity contribution is -0.119. The molecule has 146 valence electrons. The van der Waals surface area contributed by atoms with Crippen LogP contribution in [0, 0.1) is 0 Å². The second-order valence-electron chi connectivity index (χ2n) is 6.97. The van der Waals surface area contributed by atoms with E-state index in [4.69, 9.17) is 9.41 Å². The zero-order chi connectivity index (χ0) is 20.3. The zero-order valence-electron chi connectivity index (χ0n) is 16.0. The molecule has 6 nitrogen and oxygen atoms in total. The van der Waals surface area contributed by atoms with Crippen molar-refractivity contribution in [2.75, 3.05) is 5.32 Å². The molecule has 0 unspecified atom stereocenters. The van der Waals surface area contributed by atoms with Crippen molar-refractivity contribution in [3.05, 3.63) is 102 Å². The molecule has 2 heterocycles. The number of ketones is 1. The maximum atomic E-state index is 13.0. The number of nitrogens with zero attached hydrogens (tertiary/aromatic N) is 3. The van der Waals surface area contributed by atoms with Gasteiger partial charge in [0.1, 0.15) is 0 Å². The fourth-order valence-corrected chi connectivity index (χ4v) is 3.50. The number of hydrogen-bond donors (Lipinski definition) is 1. The molecule has 0 spiro atoms. The van der Waals surface area contributed by atoms with Crippen LogP contribution in [0.1, 0.15) is 16.7 Å². The predicted octanol–water partition coefficient (Wildman–Crippen LogP) is 4.14. The SMILES string of the molecule is O=C1Cc2ccccc2C(c2ccccc2)=N[C@@H]1Nc1nnc(-c2ccccc2)o1. The van der Waals surface area contributed by atoms with Gasteiger partial charge in [-0.1, -0.05) is 77.9 Å². The van der Waals surface area contributed by atoms with Crippen LogP contribution in [-0.2, 0) is 11.2 Å². The number of anilines is 1. The van der Waals surface area contributed by atoms with Crippen molar-refractivity contribution in [2.45, 2.75) is 12.6 Å². The summed E-state index contributed by atoms with van der Waals surface area (Å²) in [6, 6.07) is 27.4. The van der Waals surface area contributed by atoms with E-state index in [1.165, 1.54) is 0 Å². The molecule has 0 saturated heterocycles. The predicted molar refractivity (Wildman–Crippen MR) is 114 cm³/mol. The highest BCUT2D eigenvalue weighted by molar-refractivity contribution is 6.16. The van der Waals surface area contributed by atoms with Gasteiger partial charge < -0.3 is 9.73 Å². The number of rotatable bonds is 4. The number of carbonyl (C=O) groups excluding carboxylic acids is 1. The highest BCUT2D eigenvalue weighted by Gasteiger charge is 2.27. The Balaban J connectivity index is 1.51. The Labute approximate surface area is 173 Å². The lowest BCUT2D eigenvalue weighted by atomic mass is 9.96. The van der Waals surface area contributed by atoms with Crippen LogP contribution in [0.4, 0.5) is 6.01 Å². The van der Waals surface area contributed by atoms with Crippen LogP contribution in [0.15, 0.2) is 94.3 Å². The molecule has 5 rings (SSSR count). The van der Waals surface area contributed by atoms with E-state index in [1.807, 2.05) is 84.9 Å². The normalized spacial score (nSPS) is 15.8. The molecule has 0 aliphatic carbocycles. The second kappa shape index (κ2) is 7.75. The largest absolute Gasteiger partial charge is 0.403 e. The Kier molecular flexibility index (Phi) is 4.65. The van der Waals surface area contributed by atoms with Crippen LogP contribution in [-0.4, -0.2) is 27.9 Å². The van der Waals surface area contributed by atoms with Gasteiger partial charge in [0, 0.05) is 23.1 Å². The number of Topliss-reactive ketones (excluding diaryl/α,β-unsaturated/α-hetero) is 1. The van der Waals surface area contributed by atoms with Crippen molar-refractivity contribution in [1.82, 2.24) is 10.2 Å². The summed E-state index contributed by atoms with van der Waals surface area (Å²) < 4.78 is 5.72. The van der Waals surface area contributed by atoms with Crippen LogP contribution < -0.4 is 5.32 Å².